The molecule has 1 saturated carbocycles. The van der Waals surface area contributed by atoms with Crippen LogP contribution in [0.4, 0.5) is 0 Å². The Morgan fingerprint density at radius 3 is 2.80 bits per heavy atom. The minimum atomic E-state index is 0.0196. The Bertz CT molecular complexity index is 472. The molecule has 0 bridgehead atoms. The third-order valence-electron chi connectivity index (χ3n) is 4.55. The normalized spacial score (nSPS) is 28.9. The number of amides is 1. The highest BCUT2D eigenvalue weighted by Crippen LogP contribution is 2.34. The standard InChI is InChI=1S/C16H22N2O2/c17-10-11-4-6-12(7-5-11)16(19)18-14-2-1-3-15-13(14)8-9-20-15/h4-7,13-15H,1-3,8-10,17H2,(H,18,19)/t13-,14-,15+/m1/s1. The first-order valence-corrected chi connectivity index (χ1v) is 7.49. The first kappa shape index (κ1) is 13.6. The molecule has 1 saturated heterocycles. The van der Waals surface area contributed by atoms with Gasteiger partial charge in [0, 0.05) is 30.7 Å². The van der Waals surface area contributed by atoms with Crippen molar-refractivity contribution in [1.29, 1.82) is 0 Å². The smallest absolute Gasteiger partial charge is 0.251 e. The molecule has 3 atom stereocenters. The second-order valence-electron chi connectivity index (χ2n) is 5.77. The third kappa shape index (κ3) is 2.72. The van der Waals surface area contributed by atoms with Crippen molar-refractivity contribution in [3.63, 3.8) is 0 Å². The van der Waals surface area contributed by atoms with E-state index in [9.17, 15) is 4.79 Å². The van der Waals surface area contributed by atoms with E-state index in [0.717, 1.165) is 37.9 Å². The lowest BCUT2D eigenvalue weighted by atomic mass is 9.81. The van der Waals surface area contributed by atoms with E-state index in [4.69, 9.17) is 10.5 Å². The number of nitrogens with one attached hydrogen (secondary N) is 1. The molecular weight excluding hydrogens is 252 g/mol. The Kier molecular flexibility index (Phi) is 4.03. The van der Waals surface area contributed by atoms with Crippen LogP contribution < -0.4 is 11.1 Å². The van der Waals surface area contributed by atoms with Crippen molar-refractivity contribution in [1.82, 2.24) is 5.32 Å². The van der Waals surface area contributed by atoms with Gasteiger partial charge in [-0.1, -0.05) is 12.1 Å². The average molecular weight is 274 g/mol. The highest BCUT2D eigenvalue weighted by atomic mass is 16.5. The van der Waals surface area contributed by atoms with E-state index in [1.807, 2.05) is 24.3 Å². The summed E-state index contributed by atoms with van der Waals surface area (Å²) in [6.07, 6.45) is 4.77. The molecule has 4 nitrogen and oxygen atoms in total. The van der Waals surface area contributed by atoms with Crippen molar-refractivity contribution >= 4 is 5.91 Å². The summed E-state index contributed by atoms with van der Waals surface area (Å²) in [4.78, 5) is 12.3. The minimum absolute atomic E-state index is 0.0196. The van der Waals surface area contributed by atoms with Crippen LogP contribution in [0.5, 0.6) is 0 Å². The maximum absolute atomic E-state index is 12.3. The van der Waals surface area contributed by atoms with E-state index >= 15 is 0 Å². The van der Waals surface area contributed by atoms with E-state index in [2.05, 4.69) is 5.32 Å². The van der Waals surface area contributed by atoms with Crippen LogP contribution in [0.1, 0.15) is 41.6 Å². The monoisotopic (exact) mass is 274 g/mol. The average Bonchev–Trinajstić information content (AvgIpc) is 2.97. The SMILES string of the molecule is NCc1ccc(C(=O)N[C@@H]2CCC[C@@H]3OCC[C@@H]32)cc1. The van der Waals surface area contributed by atoms with Gasteiger partial charge in [0.1, 0.15) is 0 Å². The maximum Gasteiger partial charge on any atom is 0.251 e. The van der Waals surface area contributed by atoms with Crippen molar-refractivity contribution in [2.24, 2.45) is 11.7 Å². The Hall–Kier alpha value is -1.39. The molecule has 20 heavy (non-hydrogen) atoms. The van der Waals surface area contributed by atoms with Crippen LogP contribution in [-0.2, 0) is 11.3 Å². The zero-order chi connectivity index (χ0) is 13.9. The molecule has 1 aliphatic heterocycles. The lowest BCUT2D eigenvalue weighted by molar-refractivity contribution is 0.0510. The Morgan fingerprint density at radius 1 is 1.25 bits per heavy atom. The van der Waals surface area contributed by atoms with Gasteiger partial charge in [-0.25, -0.2) is 0 Å². The first-order chi connectivity index (χ1) is 9.78. The van der Waals surface area contributed by atoms with Crippen LogP contribution >= 0.6 is 0 Å². The van der Waals surface area contributed by atoms with E-state index in [0.29, 0.717) is 24.1 Å². The number of hydrogen-bond donors (Lipinski definition) is 2. The van der Waals surface area contributed by atoms with Gasteiger partial charge in [-0.3, -0.25) is 4.79 Å². The summed E-state index contributed by atoms with van der Waals surface area (Å²) in [5.41, 5.74) is 7.33. The Balaban J connectivity index is 1.65. The van der Waals surface area contributed by atoms with Gasteiger partial charge >= 0.3 is 0 Å². The Morgan fingerprint density at radius 2 is 2.05 bits per heavy atom. The fourth-order valence-corrected chi connectivity index (χ4v) is 3.40. The summed E-state index contributed by atoms with van der Waals surface area (Å²) >= 11 is 0. The topological polar surface area (TPSA) is 64.4 Å². The lowest BCUT2D eigenvalue weighted by Gasteiger charge is -2.33. The second-order valence-corrected chi connectivity index (χ2v) is 5.77. The van der Waals surface area contributed by atoms with Crippen molar-refractivity contribution in [3.05, 3.63) is 35.4 Å². The van der Waals surface area contributed by atoms with Gasteiger partial charge in [0.2, 0.25) is 0 Å². The molecule has 1 aromatic rings. The number of benzene rings is 1. The first-order valence-electron chi connectivity index (χ1n) is 7.49. The molecule has 1 aliphatic carbocycles. The maximum atomic E-state index is 12.3. The minimum Gasteiger partial charge on any atom is -0.378 e. The summed E-state index contributed by atoms with van der Waals surface area (Å²) in [5.74, 6) is 0.516. The molecule has 3 N–H and O–H groups in total. The number of nitrogens with two attached hydrogens (primary N) is 1. The van der Waals surface area contributed by atoms with Gasteiger partial charge in [-0.15, -0.1) is 0 Å². The second kappa shape index (κ2) is 5.94. The number of fused-ring (bicyclic) bond motifs is 1. The summed E-state index contributed by atoms with van der Waals surface area (Å²) in [6.45, 7) is 1.35. The highest BCUT2D eigenvalue weighted by Gasteiger charge is 2.38. The van der Waals surface area contributed by atoms with E-state index < -0.39 is 0 Å². The molecule has 0 aromatic heterocycles. The molecule has 108 valence electrons. The molecule has 2 aliphatic rings. The van der Waals surface area contributed by atoms with Crippen LogP contribution in [0.3, 0.4) is 0 Å². The molecule has 2 fully saturated rings. The zero-order valence-corrected chi connectivity index (χ0v) is 11.7. The summed E-state index contributed by atoms with van der Waals surface area (Å²) in [5, 5.41) is 3.19. The van der Waals surface area contributed by atoms with E-state index in [1.54, 1.807) is 0 Å². The highest BCUT2D eigenvalue weighted by molar-refractivity contribution is 5.94. The van der Waals surface area contributed by atoms with Gasteiger partial charge < -0.3 is 15.8 Å². The summed E-state index contributed by atoms with van der Waals surface area (Å²) in [6, 6.07) is 7.79. The summed E-state index contributed by atoms with van der Waals surface area (Å²) < 4.78 is 5.74. The molecule has 1 aromatic carbocycles. The van der Waals surface area contributed by atoms with Gasteiger partial charge in [-0.05, 0) is 43.4 Å². The number of ether oxygens (including phenoxy) is 1. The predicted octanol–water partition coefficient (Wildman–Crippen LogP) is 1.83. The van der Waals surface area contributed by atoms with Gasteiger partial charge in [0.25, 0.3) is 5.91 Å². The predicted molar refractivity (Wildman–Crippen MR) is 77.3 cm³/mol. The molecule has 4 heteroatoms. The quantitative estimate of drug-likeness (QED) is 0.884. The fourth-order valence-electron chi connectivity index (χ4n) is 3.40. The Labute approximate surface area is 119 Å². The number of carbonyl (C=O) groups excluding carboxylic acids is 1. The summed E-state index contributed by atoms with van der Waals surface area (Å²) in [7, 11) is 0. The molecule has 1 amide bonds. The van der Waals surface area contributed by atoms with E-state index in [1.165, 1.54) is 0 Å². The number of carbonyl (C=O) groups is 1. The molecule has 3 rings (SSSR count). The third-order valence-corrected chi connectivity index (χ3v) is 4.55. The number of rotatable bonds is 3. The van der Waals surface area contributed by atoms with Gasteiger partial charge in [0.05, 0.1) is 6.10 Å². The number of hydrogen-bond acceptors (Lipinski definition) is 3. The van der Waals surface area contributed by atoms with Crippen molar-refractivity contribution in [2.45, 2.75) is 44.4 Å². The fraction of sp³-hybridized carbons (Fsp3) is 0.562. The van der Waals surface area contributed by atoms with Gasteiger partial charge in [-0.2, -0.15) is 0 Å². The van der Waals surface area contributed by atoms with Crippen LogP contribution in [0, 0.1) is 5.92 Å². The zero-order valence-electron chi connectivity index (χ0n) is 11.7. The van der Waals surface area contributed by atoms with Crippen LogP contribution in [-0.4, -0.2) is 24.7 Å². The molecule has 0 unspecified atom stereocenters. The van der Waals surface area contributed by atoms with Crippen molar-refractivity contribution < 1.29 is 9.53 Å². The van der Waals surface area contributed by atoms with Crippen molar-refractivity contribution in [3.8, 4) is 0 Å². The van der Waals surface area contributed by atoms with E-state index in [-0.39, 0.29) is 11.9 Å². The van der Waals surface area contributed by atoms with Gasteiger partial charge in [0.15, 0.2) is 0 Å². The van der Waals surface area contributed by atoms with Crippen molar-refractivity contribution in [2.75, 3.05) is 6.61 Å². The largest absolute Gasteiger partial charge is 0.378 e. The lowest BCUT2D eigenvalue weighted by Crippen LogP contribution is -2.45. The van der Waals surface area contributed by atoms with Crippen LogP contribution in [0.25, 0.3) is 0 Å². The molecular formula is C16H22N2O2. The van der Waals surface area contributed by atoms with Crippen LogP contribution in [0.2, 0.25) is 0 Å². The molecule has 1 heterocycles. The van der Waals surface area contributed by atoms with Crippen LogP contribution in [0.15, 0.2) is 24.3 Å². The molecule has 0 radical (unpaired) electrons. The molecule has 0 spiro atoms.